The van der Waals surface area contributed by atoms with Gasteiger partial charge >= 0.3 is 0 Å². The second kappa shape index (κ2) is 7.01. The van der Waals surface area contributed by atoms with Crippen LogP contribution in [0, 0.1) is 0 Å². The first kappa shape index (κ1) is 14.5. The van der Waals surface area contributed by atoms with Crippen LogP contribution in [0.4, 0.5) is 0 Å². The SMILES string of the molecule is CCOc1cncc(CN2CCS(=O)CCC2C)c1. The first-order valence-corrected chi connectivity index (χ1v) is 8.33. The fourth-order valence-corrected chi connectivity index (χ4v) is 3.54. The van der Waals surface area contributed by atoms with Crippen LogP contribution in [0.1, 0.15) is 25.8 Å². The number of aromatic nitrogens is 1. The smallest absolute Gasteiger partial charge is 0.137 e. The molecule has 0 N–H and O–H groups in total. The van der Waals surface area contributed by atoms with Crippen LogP contribution < -0.4 is 4.74 Å². The minimum absolute atomic E-state index is 0.474. The Balaban J connectivity index is 2.02. The van der Waals surface area contributed by atoms with Gasteiger partial charge in [-0.1, -0.05) is 0 Å². The molecule has 0 radical (unpaired) electrons. The van der Waals surface area contributed by atoms with Crippen LogP contribution in [-0.2, 0) is 17.3 Å². The Hall–Kier alpha value is -0.940. The van der Waals surface area contributed by atoms with Crippen molar-refractivity contribution in [2.24, 2.45) is 0 Å². The maximum absolute atomic E-state index is 11.6. The van der Waals surface area contributed by atoms with Crippen LogP contribution in [-0.4, -0.2) is 44.8 Å². The van der Waals surface area contributed by atoms with Gasteiger partial charge in [0.2, 0.25) is 0 Å². The van der Waals surface area contributed by atoms with Crippen LogP contribution in [0.15, 0.2) is 18.5 Å². The highest BCUT2D eigenvalue weighted by atomic mass is 32.2. The second-order valence-corrected chi connectivity index (χ2v) is 6.61. The van der Waals surface area contributed by atoms with Gasteiger partial charge in [-0.3, -0.25) is 14.1 Å². The zero-order valence-electron chi connectivity index (χ0n) is 11.7. The van der Waals surface area contributed by atoms with Crippen LogP contribution in [0.5, 0.6) is 5.75 Å². The molecule has 2 heterocycles. The Morgan fingerprint density at radius 2 is 2.32 bits per heavy atom. The minimum atomic E-state index is -0.646. The first-order chi connectivity index (χ1) is 9.19. The minimum Gasteiger partial charge on any atom is -0.492 e. The number of ether oxygens (including phenoxy) is 1. The fraction of sp³-hybridized carbons (Fsp3) is 0.643. The van der Waals surface area contributed by atoms with Crippen LogP contribution in [0.3, 0.4) is 0 Å². The molecule has 0 amide bonds. The van der Waals surface area contributed by atoms with Crippen molar-refractivity contribution >= 4 is 10.8 Å². The lowest BCUT2D eigenvalue weighted by Gasteiger charge is -2.26. The average molecular weight is 282 g/mol. The largest absolute Gasteiger partial charge is 0.492 e. The summed E-state index contributed by atoms with van der Waals surface area (Å²) in [5.74, 6) is 2.43. The summed E-state index contributed by atoms with van der Waals surface area (Å²) in [6.07, 6.45) is 4.64. The van der Waals surface area contributed by atoms with Crippen molar-refractivity contribution < 1.29 is 8.95 Å². The van der Waals surface area contributed by atoms with Crippen LogP contribution >= 0.6 is 0 Å². The monoisotopic (exact) mass is 282 g/mol. The molecule has 4 nitrogen and oxygen atoms in total. The highest BCUT2D eigenvalue weighted by Crippen LogP contribution is 2.17. The van der Waals surface area contributed by atoms with Crippen LogP contribution in [0.2, 0.25) is 0 Å². The molecule has 1 aromatic heterocycles. The van der Waals surface area contributed by atoms with E-state index in [2.05, 4.69) is 16.8 Å². The molecule has 2 atom stereocenters. The molecule has 5 heteroatoms. The van der Waals surface area contributed by atoms with Gasteiger partial charge in [-0.2, -0.15) is 0 Å². The van der Waals surface area contributed by atoms with Crippen molar-refractivity contribution in [3.63, 3.8) is 0 Å². The van der Waals surface area contributed by atoms with Crippen molar-refractivity contribution in [1.82, 2.24) is 9.88 Å². The topological polar surface area (TPSA) is 42.4 Å². The average Bonchev–Trinajstić information content (AvgIpc) is 2.55. The Bertz CT molecular complexity index is 439. The van der Waals surface area contributed by atoms with Crippen molar-refractivity contribution in [1.29, 1.82) is 0 Å². The van der Waals surface area contributed by atoms with Gasteiger partial charge in [0.15, 0.2) is 0 Å². The van der Waals surface area contributed by atoms with Gasteiger partial charge in [0, 0.05) is 47.6 Å². The third-order valence-corrected chi connectivity index (χ3v) is 4.79. The van der Waals surface area contributed by atoms with E-state index in [-0.39, 0.29) is 0 Å². The number of hydrogen-bond donors (Lipinski definition) is 0. The summed E-state index contributed by atoms with van der Waals surface area (Å²) in [5, 5.41) is 0. The molecule has 19 heavy (non-hydrogen) atoms. The maximum Gasteiger partial charge on any atom is 0.137 e. The van der Waals surface area contributed by atoms with Crippen LogP contribution in [0.25, 0.3) is 0 Å². The Morgan fingerprint density at radius 3 is 3.11 bits per heavy atom. The molecule has 1 saturated heterocycles. The summed E-state index contributed by atoms with van der Waals surface area (Å²) >= 11 is 0. The highest BCUT2D eigenvalue weighted by Gasteiger charge is 2.20. The third kappa shape index (κ3) is 4.28. The van der Waals surface area contributed by atoms with E-state index in [1.807, 2.05) is 19.2 Å². The lowest BCUT2D eigenvalue weighted by molar-refractivity contribution is 0.212. The van der Waals surface area contributed by atoms with E-state index in [9.17, 15) is 4.21 Å². The van der Waals surface area contributed by atoms with E-state index >= 15 is 0 Å². The van der Waals surface area contributed by atoms with E-state index in [4.69, 9.17) is 4.74 Å². The fourth-order valence-electron chi connectivity index (χ4n) is 2.29. The lowest BCUT2D eigenvalue weighted by Crippen LogP contribution is -2.33. The van der Waals surface area contributed by atoms with E-state index in [0.29, 0.717) is 12.6 Å². The highest BCUT2D eigenvalue weighted by molar-refractivity contribution is 7.85. The molecule has 0 bridgehead atoms. The van der Waals surface area contributed by atoms with Crippen molar-refractivity contribution in [2.45, 2.75) is 32.9 Å². The maximum atomic E-state index is 11.6. The summed E-state index contributed by atoms with van der Waals surface area (Å²) in [6.45, 7) is 6.59. The predicted octanol–water partition coefficient (Wildman–Crippen LogP) is 1.82. The van der Waals surface area contributed by atoms with E-state index in [0.717, 1.165) is 42.3 Å². The molecule has 1 aliphatic heterocycles. The standard InChI is InChI=1S/C14H22N2O2S/c1-3-18-14-8-13(9-15-10-14)11-16-5-7-19(17)6-4-12(16)2/h8-10,12H,3-7,11H2,1-2H3. The summed E-state index contributed by atoms with van der Waals surface area (Å²) in [7, 11) is -0.646. The number of pyridine rings is 1. The molecule has 0 aromatic carbocycles. The lowest BCUT2D eigenvalue weighted by atomic mass is 10.2. The molecule has 1 aromatic rings. The van der Waals surface area contributed by atoms with Gasteiger partial charge in [-0.25, -0.2) is 0 Å². The normalized spacial score (nSPS) is 24.9. The zero-order valence-corrected chi connectivity index (χ0v) is 12.5. The first-order valence-electron chi connectivity index (χ1n) is 6.84. The quantitative estimate of drug-likeness (QED) is 0.845. The Morgan fingerprint density at radius 1 is 1.47 bits per heavy atom. The molecule has 106 valence electrons. The van der Waals surface area contributed by atoms with Crippen molar-refractivity contribution in [3.05, 3.63) is 24.0 Å². The van der Waals surface area contributed by atoms with Crippen molar-refractivity contribution in [3.8, 4) is 5.75 Å². The van der Waals surface area contributed by atoms with Gasteiger partial charge in [-0.15, -0.1) is 0 Å². The molecular formula is C14H22N2O2S. The van der Waals surface area contributed by atoms with Gasteiger partial charge in [0.1, 0.15) is 5.75 Å². The molecule has 2 rings (SSSR count). The summed E-state index contributed by atoms with van der Waals surface area (Å²) in [4.78, 5) is 6.61. The third-order valence-electron chi connectivity index (χ3n) is 3.46. The van der Waals surface area contributed by atoms with E-state index in [1.54, 1.807) is 6.20 Å². The summed E-state index contributed by atoms with van der Waals surface area (Å²) in [6, 6.07) is 2.52. The molecule has 0 aliphatic carbocycles. The van der Waals surface area contributed by atoms with Gasteiger partial charge < -0.3 is 4.74 Å². The number of rotatable bonds is 4. The van der Waals surface area contributed by atoms with E-state index in [1.165, 1.54) is 0 Å². The Labute approximate surface area is 117 Å². The van der Waals surface area contributed by atoms with Gasteiger partial charge in [-0.05, 0) is 31.9 Å². The molecule has 0 saturated carbocycles. The van der Waals surface area contributed by atoms with Gasteiger partial charge in [0.05, 0.1) is 12.8 Å². The van der Waals surface area contributed by atoms with Gasteiger partial charge in [0.25, 0.3) is 0 Å². The zero-order chi connectivity index (χ0) is 13.7. The summed E-state index contributed by atoms with van der Waals surface area (Å²) < 4.78 is 17.1. The predicted molar refractivity (Wildman–Crippen MR) is 77.8 cm³/mol. The molecule has 2 unspecified atom stereocenters. The molecule has 1 fully saturated rings. The molecular weight excluding hydrogens is 260 g/mol. The number of nitrogens with zero attached hydrogens (tertiary/aromatic N) is 2. The summed E-state index contributed by atoms with van der Waals surface area (Å²) in [5.41, 5.74) is 1.16. The second-order valence-electron chi connectivity index (χ2n) is 4.92. The van der Waals surface area contributed by atoms with Crippen molar-refractivity contribution in [2.75, 3.05) is 24.7 Å². The Kier molecular flexibility index (Phi) is 5.34. The van der Waals surface area contributed by atoms with E-state index < -0.39 is 10.8 Å². The number of hydrogen-bond acceptors (Lipinski definition) is 4. The molecule has 0 spiro atoms. The molecule has 1 aliphatic rings.